The second kappa shape index (κ2) is 3.79. The Kier molecular flexibility index (Phi) is 2.97. The first-order chi connectivity index (χ1) is 5.24. The Morgan fingerprint density at radius 2 is 2.00 bits per heavy atom. The summed E-state index contributed by atoms with van der Waals surface area (Å²) >= 11 is 1.67. The van der Waals surface area contributed by atoms with Crippen molar-refractivity contribution in [3.8, 4) is 0 Å². The van der Waals surface area contributed by atoms with Gasteiger partial charge in [-0.1, -0.05) is 12.1 Å². The van der Waals surface area contributed by atoms with Gasteiger partial charge in [0.05, 0.1) is 0 Å². The Balaban J connectivity index is 2.93. The largest absolute Gasteiger partial charge is 0.263 e. The maximum Gasteiger partial charge on any atom is 0.0259 e. The third-order valence-corrected chi connectivity index (χ3v) is 2.42. The molecule has 1 N–H and O–H groups in total. The number of aryl methyl sites for hydroxylation is 2. The van der Waals surface area contributed by atoms with E-state index in [-0.39, 0.29) is 0 Å². The van der Waals surface area contributed by atoms with Gasteiger partial charge in [-0.2, -0.15) is 0 Å². The van der Waals surface area contributed by atoms with Crippen LogP contribution in [0.2, 0.25) is 0 Å². The van der Waals surface area contributed by atoms with Crippen molar-refractivity contribution in [1.29, 1.82) is 0 Å². The van der Waals surface area contributed by atoms with Crippen molar-refractivity contribution in [2.75, 3.05) is 7.05 Å². The van der Waals surface area contributed by atoms with Crippen LogP contribution in [0.25, 0.3) is 0 Å². The molecule has 11 heavy (non-hydrogen) atoms. The van der Waals surface area contributed by atoms with Crippen molar-refractivity contribution < 1.29 is 0 Å². The highest BCUT2D eigenvalue weighted by molar-refractivity contribution is 7.97. The van der Waals surface area contributed by atoms with Crippen LogP contribution in [0.4, 0.5) is 0 Å². The monoisotopic (exact) mass is 167 g/mol. The zero-order chi connectivity index (χ0) is 8.27. The van der Waals surface area contributed by atoms with E-state index in [4.69, 9.17) is 0 Å². The molecule has 1 rings (SSSR count). The molecule has 0 saturated heterocycles. The highest BCUT2D eigenvalue weighted by Gasteiger charge is 1.96. The van der Waals surface area contributed by atoms with Gasteiger partial charge in [0.15, 0.2) is 0 Å². The molecule has 0 saturated carbocycles. The summed E-state index contributed by atoms with van der Waals surface area (Å²) in [6.07, 6.45) is 0. The van der Waals surface area contributed by atoms with Crippen LogP contribution in [-0.2, 0) is 0 Å². The average Bonchev–Trinajstić information content (AvgIpc) is 1.98. The maximum atomic E-state index is 3.07. The van der Waals surface area contributed by atoms with Crippen LogP contribution in [0.1, 0.15) is 11.1 Å². The number of nitrogens with one attached hydrogen (secondary N) is 1. The van der Waals surface area contributed by atoms with E-state index in [9.17, 15) is 0 Å². The lowest BCUT2D eigenvalue weighted by molar-refractivity contribution is 1.22. The van der Waals surface area contributed by atoms with E-state index in [1.807, 2.05) is 7.05 Å². The molecule has 1 nitrogen and oxygen atoms in total. The standard InChI is InChI=1S/C9H13NS/c1-7-4-5-8(2)9(6-7)11-10-3/h4-6,10H,1-3H3. The van der Waals surface area contributed by atoms with Gasteiger partial charge in [-0.3, -0.25) is 4.72 Å². The molecule has 0 heterocycles. The number of rotatable bonds is 2. The molecular formula is C9H13NS. The molecule has 60 valence electrons. The van der Waals surface area contributed by atoms with Gasteiger partial charge in [0.25, 0.3) is 0 Å². The quantitative estimate of drug-likeness (QED) is 0.679. The van der Waals surface area contributed by atoms with Gasteiger partial charge in [-0.25, -0.2) is 0 Å². The molecule has 1 aromatic rings. The summed E-state index contributed by atoms with van der Waals surface area (Å²) in [5, 5.41) is 0. The Hall–Kier alpha value is -0.470. The predicted octanol–water partition coefficient (Wildman–Crippen LogP) is 2.53. The van der Waals surface area contributed by atoms with Gasteiger partial charge in [-0.15, -0.1) is 0 Å². The van der Waals surface area contributed by atoms with Crippen LogP contribution < -0.4 is 4.72 Å². The first-order valence-electron chi connectivity index (χ1n) is 3.65. The molecule has 0 atom stereocenters. The first-order valence-corrected chi connectivity index (χ1v) is 4.46. The van der Waals surface area contributed by atoms with Crippen molar-refractivity contribution in [1.82, 2.24) is 4.72 Å². The van der Waals surface area contributed by atoms with Crippen LogP contribution in [0, 0.1) is 13.8 Å². The van der Waals surface area contributed by atoms with Crippen LogP contribution in [0.5, 0.6) is 0 Å². The summed E-state index contributed by atoms with van der Waals surface area (Å²) in [7, 11) is 1.94. The van der Waals surface area contributed by atoms with Crippen LogP contribution >= 0.6 is 11.9 Å². The van der Waals surface area contributed by atoms with Crippen LogP contribution in [0.15, 0.2) is 23.1 Å². The second-order valence-corrected chi connectivity index (χ2v) is 3.63. The first kappa shape index (κ1) is 8.62. The van der Waals surface area contributed by atoms with E-state index in [1.54, 1.807) is 11.9 Å². The second-order valence-electron chi connectivity index (χ2n) is 2.58. The lowest BCUT2D eigenvalue weighted by Crippen LogP contribution is -1.92. The van der Waals surface area contributed by atoms with Gasteiger partial charge in [0.1, 0.15) is 0 Å². The van der Waals surface area contributed by atoms with Crippen molar-refractivity contribution in [3.63, 3.8) is 0 Å². The molecule has 0 radical (unpaired) electrons. The highest BCUT2D eigenvalue weighted by Crippen LogP contribution is 2.19. The summed E-state index contributed by atoms with van der Waals surface area (Å²) in [5.41, 5.74) is 2.64. The minimum absolute atomic E-state index is 1.31. The van der Waals surface area contributed by atoms with Crippen LogP contribution in [-0.4, -0.2) is 7.05 Å². The molecule has 0 fully saturated rings. The molecular weight excluding hydrogens is 154 g/mol. The molecule has 0 aromatic heterocycles. The zero-order valence-corrected chi connectivity index (χ0v) is 7.96. The van der Waals surface area contributed by atoms with Crippen molar-refractivity contribution in [2.45, 2.75) is 18.7 Å². The SMILES string of the molecule is CNSc1cc(C)ccc1C. The van der Waals surface area contributed by atoms with Gasteiger partial charge in [-0.05, 0) is 50.0 Å². The molecule has 0 unspecified atom stereocenters. The Bertz CT molecular complexity index is 245. The van der Waals surface area contributed by atoms with Crippen molar-refractivity contribution >= 4 is 11.9 Å². The minimum Gasteiger partial charge on any atom is -0.263 e. The Labute approximate surface area is 72.3 Å². The number of hydrogen-bond acceptors (Lipinski definition) is 2. The van der Waals surface area contributed by atoms with E-state index in [0.29, 0.717) is 0 Å². The van der Waals surface area contributed by atoms with Crippen molar-refractivity contribution in [3.05, 3.63) is 29.3 Å². The van der Waals surface area contributed by atoms with E-state index >= 15 is 0 Å². The Morgan fingerprint density at radius 1 is 1.27 bits per heavy atom. The molecule has 0 amide bonds. The fraction of sp³-hybridized carbons (Fsp3) is 0.333. The average molecular weight is 167 g/mol. The van der Waals surface area contributed by atoms with Gasteiger partial charge in [0, 0.05) is 4.90 Å². The van der Waals surface area contributed by atoms with E-state index in [2.05, 4.69) is 36.8 Å². The van der Waals surface area contributed by atoms with Gasteiger partial charge >= 0.3 is 0 Å². The highest BCUT2D eigenvalue weighted by atomic mass is 32.2. The normalized spacial score (nSPS) is 10.1. The summed E-state index contributed by atoms with van der Waals surface area (Å²) in [6, 6.07) is 6.47. The van der Waals surface area contributed by atoms with E-state index in [1.165, 1.54) is 16.0 Å². The van der Waals surface area contributed by atoms with Crippen molar-refractivity contribution in [2.24, 2.45) is 0 Å². The summed E-state index contributed by atoms with van der Waals surface area (Å²) in [4.78, 5) is 1.31. The third kappa shape index (κ3) is 2.24. The van der Waals surface area contributed by atoms with Gasteiger partial charge < -0.3 is 0 Å². The molecule has 0 bridgehead atoms. The predicted molar refractivity (Wildman–Crippen MR) is 50.8 cm³/mol. The number of hydrogen-bond donors (Lipinski definition) is 1. The summed E-state index contributed by atoms with van der Waals surface area (Å²) in [6.45, 7) is 4.23. The lowest BCUT2D eigenvalue weighted by Gasteiger charge is -2.04. The fourth-order valence-electron chi connectivity index (χ4n) is 0.927. The smallest absolute Gasteiger partial charge is 0.0259 e. The zero-order valence-electron chi connectivity index (χ0n) is 7.14. The van der Waals surface area contributed by atoms with Crippen LogP contribution in [0.3, 0.4) is 0 Å². The Morgan fingerprint density at radius 3 is 2.64 bits per heavy atom. The van der Waals surface area contributed by atoms with E-state index < -0.39 is 0 Å². The van der Waals surface area contributed by atoms with E-state index in [0.717, 1.165) is 0 Å². The summed E-state index contributed by atoms with van der Waals surface area (Å²) < 4.78 is 3.07. The lowest BCUT2D eigenvalue weighted by atomic mass is 10.2. The maximum absolute atomic E-state index is 3.07. The molecule has 0 aliphatic heterocycles. The molecule has 2 heteroatoms. The number of benzene rings is 1. The third-order valence-electron chi connectivity index (χ3n) is 1.56. The summed E-state index contributed by atoms with van der Waals surface area (Å²) in [5.74, 6) is 0. The minimum atomic E-state index is 1.31. The fourth-order valence-corrected chi connectivity index (χ4v) is 1.62. The molecule has 0 aliphatic carbocycles. The molecule has 1 aromatic carbocycles. The topological polar surface area (TPSA) is 12.0 Å². The molecule has 0 spiro atoms. The molecule has 0 aliphatic rings. The van der Waals surface area contributed by atoms with Gasteiger partial charge in [0.2, 0.25) is 0 Å².